The maximum atomic E-state index is 12.3. The Kier molecular flexibility index (Phi) is 11.1. The van der Waals surface area contributed by atoms with E-state index in [1.807, 2.05) is 12.1 Å². The molecule has 2 aromatic rings. The number of benzene rings is 2. The Balaban J connectivity index is 1.38. The molecule has 2 fully saturated rings. The minimum Gasteiger partial charge on any atom is -0.462 e. The molecule has 2 saturated heterocycles. The molecular formula is C30H39NO12. The highest BCUT2D eigenvalue weighted by molar-refractivity contribution is 5.89. The maximum absolute atomic E-state index is 12.3. The predicted octanol–water partition coefficient (Wildman–Crippen LogP) is -0.397. The monoisotopic (exact) mass is 605 g/mol. The summed E-state index contributed by atoms with van der Waals surface area (Å²) < 4.78 is 28.1. The smallest absolute Gasteiger partial charge is 0.338 e. The van der Waals surface area contributed by atoms with Gasteiger partial charge < -0.3 is 54.1 Å². The van der Waals surface area contributed by atoms with Crippen molar-refractivity contribution < 1.29 is 58.8 Å². The molecule has 5 N–H and O–H groups in total. The van der Waals surface area contributed by atoms with E-state index in [2.05, 4.69) is 0 Å². The van der Waals surface area contributed by atoms with Crippen LogP contribution in [0.3, 0.4) is 0 Å². The number of nitrogens with zero attached hydrogens (tertiary/aromatic N) is 1. The molecule has 1 amide bonds. The SMILES string of the molecule is CC(=O)N(C)CCc1ccc(O[C@@H]2O[C@@H](C)[C@H](O)[C@@H](O[C@@H]3O[C@H](COC(=O)c4ccccc4)[C@@H](O)[C@H](O)[C@H]3O)[C@H]2O)cc1. The molecule has 0 bridgehead atoms. The molecule has 0 saturated carbocycles. The van der Waals surface area contributed by atoms with Crippen molar-refractivity contribution in [3.05, 3.63) is 65.7 Å². The Labute approximate surface area is 249 Å². The molecule has 236 valence electrons. The Morgan fingerprint density at radius 1 is 0.837 bits per heavy atom. The highest BCUT2D eigenvalue weighted by Gasteiger charge is 2.50. The van der Waals surface area contributed by atoms with Crippen LogP contribution in [0.15, 0.2) is 54.6 Å². The first-order chi connectivity index (χ1) is 20.5. The number of hydrogen-bond acceptors (Lipinski definition) is 12. The van der Waals surface area contributed by atoms with Gasteiger partial charge in [0.05, 0.1) is 11.7 Å². The number of ether oxygens (including phenoxy) is 5. The van der Waals surface area contributed by atoms with Gasteiger partial charge in [0.15, 0.2) is 6.29 Å². The fourth-order valence-electron chi connectivity index (χ4n) is 4.72. The highest BCUT2D eigenvalue weighted by atomic mass is 16.7. The zero-order chi connectivity index (χ0) is 31.3. The van der Waals surface area contributed by atoms with Crippen molar-refractivity contribution in [3.8, 4) is 5.75 Å². The Hall–Kier alpha value is -3.14. The molecule has 0 unspecified atom stereocenters. The lowest BCUT2D eigenvalue weighted by molar-refractivity contribution is -0.350. The van der Waals surface area contributed by atoms with Crippen LogP contribution in [-0.2, 0) is 30.2 Å². The average Bonchev–Trinajstić information content (AvgIpc) is 3.00. The van der Waals surface area contributed by atoms with E-state index in [1.165, 1.54) is 6.92 Å². The van der Waals surface area contributed by atoms with E-state index < -0.39 is 74.0 Å². The first-order valence-corrected chi connectivity index (χ1v) is 14.0. The summed E-state index contributed by atoms with van der Waals surface area (Å²) in [5.41, 5.74) is 1.23. The zero-order valence-electron chi connectivity index (χ0n) is 24.1. The largest absolute Gasteiger partial charge is 0.462 e. The molecule has 2 heterocycles. The molecule has 0 aliphatic carbocycles. The van der Waals surface area contributed by atoms with Crippen LogP contribution in [0.4, 0.5) is 0 Å². The normalized spacial score (nSPS) is 32.6. The molecule has 10 atom stereocenters. The van der Waals surface area contributed by atoms with Crippen molar-refractivity contribution in [2.24, 2.45) is 0 Å². The molecule has 4 rings (SSSR count). The van der Waals surface area contributed by atoms with Gasteiger partial charge in [-0.25, -0.2) is 4.79 Å². The first kappa shape index (κ1) is 32.8. The number of carbonyl (C=O) groups is 2. The maximum Gasteiger partial charge on any atom is 0.338 e. The molecule has 2 aliphatic rings. The first-order valence-electron chi connectivity index (χ1n) is 14.0. The third-order valence-electron chi connectivity index (χ3n) is 7.58. The van der Waals surface area contributed by atoms with Crippen molar-refractivity contribution in [3.63, 3.8) is 0 Å². The van der Waals surface area contributed by atoms with E-state index in [1.54, 1.807) is 61.3 Å². The van der Waals surface area contributed by atoms with E-state index in [4.69, 9.17) is 23.7 Å². The van der Waals surface area contributed by atoms with Gasteiger partial charge in [0.25, 0.3) is 0 Å². The van der Waals surface area contributed by atoms with Gasteiger partial charge in [0, 0.05) is 20.5 Å². The van der Waals surface area contributed by atoms with Gasteiger partial charge >= 0.3 is 5.97 Å². The average molecular weight is 606 g/mol. The van der Waals surface area contributed by atoms with Crippen LogP contribution in [-0.4, -0.2) is 124 Å². The van der Waals surface area contributed by atoms with Gasteiger partial charge in [-0.15, -0.1) is 0 Å². The van der Waals surface area contributed by atoms with Gasteiger partial charge in [0.2, 0.25) is 12.2 Å². The molecule has 13 nitrogen and oxygen atoms in total. The molecular weight excluding hydrogens is 566 g/mol. The fraction of sp³-hybridized carbons (Fsp3) is 0.533. The molecule has 2 aromatic carbocycles. The number of carbonyl (C=O) groups excluding carboxylic acids is 2. The van der Waals surface area contributed by atoms with E-state index in [0.717, 1.165) is 5.56 Å². The molecule has 0 radical (unpaired) electrons. The van der Waals surface area contributed by atoms with E-state index >= 15 is 0 Å². The second-order valence-corrected chi connectivity index (χ2v) is 10.7. The number of hydrogen-bond donors (Lipinski definition) is 5. The van der Waals surface area contributed by atoms with Gasteiger partial charge in [-0.2, -0.15) is 0 Å². The van der Waals surface area contributed by atoms with E-state index in [-0.39, 0.29) is 11.5 Å². The van der Waals surface area contributed by atoms with Crippen molar-refractivity contribution in [1.29, 1.82) is 0 Å². The predicted molar refractivity (Wildman–Crippen MR) is 149 cm³/mol. The minimum atomic E-state index is -1.76. The summed E-state index contributed by atoms with van der Waals surface area (Å²) in [5.74, 6) is -0.354. The van der Waals surface area contributed by atoms with Crippen molar-refractivity contribution in [2.75, 3.05) is 20.2 Å². The van der Waals surface area contributed by atoms with E-state index in [9.17, 15) is 35.1 Å². The topological polar surface area (TPSA) is 185 Å². The number of amides is 1. The van der Waals surface area contributed by atoms with Crippen molar-refractivity contribution in [1.82, 2.24) is 4.90 Å². The lowest BCUT2D eigenvalue weighted by Crippen LogP contribution is -2.64. The molecule has 2 aliphatic heterocycles. The highest BCUT2D eigenvalue weighted by Crippen LogP contribution is 2.30. The van der Waals surface area contributed by atoms with Crippen LogP contribution in [0.25, 0.3) is 0 Å². The third kappa shape index (κ3) is 8.08. The molecule has 0 spiro atoms. The zero-order valence-corrected chi connectivity index (χ0v) is 24.1. The number of aliphatic hydroxyl groups excluding tert-OH is 5. The van der Waals surface area contributed by atoms with Gasteiger partial charge in [-0.05, 0) is 43.2 Å². The van der Waals surface area contributed by atoms with Crippen LogP contribution >= 0.6 is 0 Å². The fourth-order valence-corrected chi connectivity index (χ4v) is 4.72. The van der Waals surface area contributed by atoms with Crippen molar-refractivity contribution >= 4 is 11.9 Å². The molecule has 0 aromatic heterocycles. The quantitative estimate of drug-likeness (QED) is 0.221. The summed E-state index contributed by atoms with van der Waals surface area (Å²) in [6.45, 7) is 3.11. The lowest BCUT2D eigenvalue weighted by Gasteiger charge is -2.45. The summed E-state index contributed by atoms with van der Waals surface area (Å²) in [4.78, 5) is 25.4. The van der Waals surface area contributed by atoms with E-state index in [0.29, 0.717) is 18.7 Å². The standard InChI is InChI=1S/C30H39NO12/c1-16-22(33)27(26(37)30(40-16)41-20-11-9-18(10-12-20)13-14-31(3)17(2)32)43-29-25(36)24(35)23(34)21(42-29)15-39-28(38)19-7-5-4-6-8-19/h4-12,16,21-27,29-30,33-37H,13-15H2,1-3H3/t16-,21+,22-,23+,24-,25+,26+,27+,29-,30-/m0/s1. The van der Waals surface area contributed by atoms with Gasteiger partial charge in [0.1, 0.15) is 55.1 Å². The number of aliphatic hydroxyl groups is 5. The van der Waals surface area contributed by atoms with Gasteiger partial charge in [-0.3, -0.25) is 4.79 Å². The summed E-state index contributed by atoms with van der Waals surface area (Å²) in [6, 6.07) is 15.1. The van der Waals surface area contributed by atoms with Crippen LogP contribution < -0.4 is 4.74 Å². The van der Waals surface area contributed by atoms with Crippen LogP contribution in [0, 0.1) is 0 Å². The summed E-state index contributed by atoms with van der Waals surface area (Å²) in [6.07, 6.45) is -13.9. The van der Waals surface area contributed by atoms with Crippen LogP contribution in [0.1, 0.15) is 29.8 Å². The third-order valence-corrected chi connectivity index (χ3v) is 7.58. The second-order valence-electron chi connectivity index (χ2n) is 10.7. The van der Waals surface area contributed by atoms with Crippen LogP contribution in [0.2, 0.25) is 0 Å². The van der Waals surface area contributed by atoms with Gasteiger partial charge in [-0.1, -0.05) is 30.3 Å². The summed E-state index contributed by atoms with van der Waals surface area (Å²) in [7, 11) is 1.72. The minimum absolute atomic E-state index is 0.0321. The number of esters is 1. The second kappa shape index (κ2) is 14.6. The summed E-state index contributed by atoms with van der Waals surface area (Å²) in [5, 5.41) is 53.3. The lowest BCUT2D eigenvalue weighted by atomic mass is 9.97. The molecule has 13 heteroatoms. The van der Waals surface area contributed by atoms with Crippen LogP contribution in [0.5, 0.6) is 5.75 Å². The Morgan fingerprint density at radius 2 is 1.51 bits per heavy atom. The number of rotatable bonds is 10. The number of likely N-dealkylation sites (N-methyl/N-ethyl adjacent to an activating group) is 1. The Bertz CT molecular complexity index is 1200. The Morgan fingerprint density at radius 3 is 2.16 bits per heavy atom. The molecule has 43 heavy (non-hydrogen) atoms. The summed E-state index contributed by atoms with van der Waals surface area (Å²) >= 11 is 0. The van der Waals surface area contributed by atoms with Crippen molar-refractivity contribution in [2.45, 2.75) is 81.7 Å².